The van der Waals surface area contributed by atoms with Gasteiger partial charge in [0.2, 0.25) is 11.8 Å². The largest absolute Gasteiger partial charge is 0.341 e. The fourth-order valence-corrected chi connectivity index (χ4v) is 4.90. The summed E-state index contributed by atoms with van der Waals surface area (Å²) in [7, 11) is 0. The number of nitrogens with one attached hydrogen (secondary N) is 1. The lowest BCUT2D eigenvalue weighted by Gasteiger charge is -2.32. The van der Waals surface area contributed by atoms with E-state index in [1.807, 2.05) is 35.4 Å². The van der Waals surface area contributed by atoms with Crippen LogP contribution in [0.1, 0.15) is 12.8 Å². The molecule has 8 heteroatoms. The monoisotopic (exact) mass is 424 g/mol. The zero-order chi connectivity index (χ0) is 18.8. The summed E-state index contributed by atoms with van der Waals surface area (Å²) in [6.07, 6.45) is 3.41. The molecule has 3 fully saturated rings. The molecular weight excluding hydrogens is 396 g/mol. The van der Waals surface area contributed by atoms with Crippen LogP contribution in [0.4, 0.5) is 5.69 Å². The van der Waals surface area contributed by atoms with Gasteiger partial charge in [0.25, 0.3) is 0 Å². The molecule has 0 saturated carbocycles. The second-order valence-corrected chi connectivity index (χ2v) is 8.50. The van der Waals surface area contributed by atoms with E-state index in [0.29, 0.717) is 19.0 Å². The van der Waals surface area contributed by atoms with Gasteiger partial charge < -0.3 is 15.1 Å². The number of anilines is 1. The van der Waals surface area contributed by atoms with Crippen molar-refractivity contribution in [1.82, 2.24) is 15.1 Å². The van der Waals surface area contributed by atoms with Crippen LogP contribution in [-0.4, -0.2) is 79.7 Å². The minimum Gasteiger partial charge on any atom is -0.341 e. The highest BCUT2D eigenvalue weighted by Gasteiger charge is 2.40. The van der Waals surface area contributed by atoms with Gasteiger partial charge >= 0.3 is 0 Å². The van der Waals surface area contributed by atoms with E-state index in [9.17, 15) is 9.59 Å². The Morgan fingerprint density at radius 1 is 1.18 bits per heavy atom. The molecule has 3 aliphatic rings. The van der Waals surface area contributed by atoms with E-state index in [0.717, 1.165) is 56.3 Å². The lowest BCUT2D eigenvalue weighted by Crippen LogP contribution is -2.49. The summed E-state index contributed by atoms with van der Waals surface area (Å²) in [6.45, 7) is 6.33. The van der Waals surface area contributed by atoms with Crippen LogP contribution in [0, 0.1) is 5.92 Å². The van der Waals surface area contributed by atoms with Gasteiger partial charge in [-0.15, -0.1) is 24.2 Å². The molecule has 0 spiro atoms. The van der Waals surface area contributed by atoms with Gasteiger partial charge in [-0.1, -0.05) is 6.07 Å². The van der Waals surface area contributed by atoms with E-state index in [1.54, 1.807) is 16.7 Å². The second kappa shape index (κ2) is 9.48. The van der Waals surface area contributed by atoms with E-state index in [2.05, 4.69) is 10.2 Å². The van der Waals surface area contributed by atoms with Crippen molar-refractivity contribution in [1.29, 1.82) is 0 Å². The Hall–Kier alpha value is -1.28. The summed E-state index contributed by atoms with van der Waals surface area (Å²) < 4.78 is 0. The van der Waals surface area contributed by atoms with Crippen molar-refractivity contribution in [2.24, 2.45) is 5.92 Å². The highest BCUT2D eigenvalue weighted by atomic mass is 35.5. The fraction of sp³-hybridized carbons (Fsp3) is 0.600. The van der Waals surface area contributed by atoms with Crippen molar-refractivity contribution in [2.75, 3.05) is 57.0 Å². The molecule has 6 nitrogen and oxygen atoms in total. The SMILES string of the molecule is CSc1cccc(N2CC(C(=O)N3CCC(N4CCNCC4)C3)CC2=O)c1.Cl. The van der Waals surface area contributed by atoms with Gasteiger partial charge in [0.15, 0.2) is 0 Å². The summed E-state index contributed by atoms with van der Waals surface area (Å²) in [4.78, 5) is 33.0. The Morgan fingerprint density at radius 2 is 1.96 bits per heavy atom. The lowest BCUT2D eigenvalue weighted by atomic mass is 10.1. The highest BCUT2D eigenvalue weighted by Crippen LogP contribution is 2.30. The van der Waals surface area contributed by atoms with Crippen LogP contribution >= 0.6 is 24.2 Å². The highest BCUT2D eigenvalue weighted by molar-refractivity contribution is 7.98. The third-order valence-electron chi connectivity index (χ3n) is 5.98. The number of piperazine rings is 1. The summed E-state index contributed by atoms with van der Waals surface area (Å²) in [5, 5.41) is 3.38. The van der Waals surface area contributed by atoms with Crippen LogP contribution in [0.15, 0.2) is 29.2 Å². The van der Waals surface area contributed by atoms with Gasteiger partial charge in [-0.05, 0) is 30.9 Å². The Bertz CT molecular complexity index is 713. The molecule has 3 aliphatic heterocycles. The minimum absolute atomic E-state index is 0. The normalized spacial score (nSPS) is 25.8. The first-order valence-electron chi connectivity index (χ1n) is 9.83. The number of hydrogen-bond acceptors (Lipinski definition) is 5. The quantitative estimate of drug-likeness (QED) is 0.745. The maximum atomic E-state index is 13.0. The number of benzene rings is 1. The molecule has 0 aliphatic carbocycles. The average molecular weight is 425 g/mol. The number of carbonyl (C=O) groups is 2. The number of amides is 2. The molecular formula is C20H29ClN4O2S. The van der Waals surface area contributed by atoms with Crippen molar-refractivity contribution >= 4 is 41.7 Å². The van der Waals surface area contributed by atoms with Gasteiger partial charge in [0.1, 0.15) is 0 Å². The lowest BCUT2D eigenvalue weighted by molar-refractivity contribution is -0.135. The van der Waals surface area contributed by atoms with Crippen LogP contribution < -0.4 is 10.2 Å². The third-order valence-corrected chi connectivity index (χ3v) is 6.71. The molecule has 2 amide bonds. The minimum atomic E-state index is -0.211. The first kappa shape index (κ1) is 21.4. The summed E-state index contributed by atoms with van der Waals surface area (Å²) >= 11 is 1.66. The van der Waals surface area contributed by atoms with Crippen LogP contribution in [0.5, 0.6) is 0 Å². The van der Waals surface area contributed by atoms with E-state index < -0.39 is 0 Å². The van der Waals surface area contributed by atoms with E-state index >= 15 is 0 Å². The van der Waals surface area contributed by atoms with E-state index in [4.69, 9.17) is 0 Å². The first-order valence-corrected chi connectivity index (χ1v) is 11.1. The standard InChI is InChI=1S/C20H28N4O2S.ClH/c1-27-18-4-2-3-16(12-18)24-13-15(11-19(24)25)20(26)23-8-5-17(14-23)22-9-6-21-7-10-22;/h2-4,12,15,17,21H,5-11,13-14H2,1H3;1H. The van der Waals surface area contributed by atoms with Gasteiger partial charge in [0, 0.05) is 68.9 Å². The summed E-state index contributed by atoms with van der Waals surface area (Å²) in [5.74, 6) is 0.00571. The fourth-order valence-electron chi connectivity index (χ4n) is 4.45. The zero-order valence-electron chi connectivity index (χ0n) is 16.3. The smallest absolute Gasteiger partial charge is 0.228 e. The van der Waals surface area contributed by atoms with Crippen molar-refractivity contribution in [2.45, 2.75) is 23.8 Å². The molecule has 3 heterocycles. The number of nitrogens with zero attached hydrogens (tertiary/aromatic N) is 3. The maximum Gasteiger partial charge on any atom is 0.228 e. The van der Waals surface area contributed by atoms with Crippen molar-refractivity contribution in [3.05, 3.63) is 24.3 Å². The molecule has 3 saturated heterocycles. The number of carbonyl (C=O) groups excluding carboxylic acids is 2. The predicted molar refractivity (Wildman–Crippen MR) is 115 cm³/mol. The first-order chi connectivity index (χ1) is 13.2. The van der Waals surface area contributed by atoms with Gasteiger partial charge in [-0.2, -0.15) is 0 Å². The molecule has 28 heavy (non-hydrogen) atoms. The van der Waals surface area contributed by atoms with E-state index in [-0.39, 0.29) is 30.1 Å². The van der Waals surface area contributed by atoms with Crippen molar-refractivity contribution in [3.63, 3.8) is 0 Å². The summed E-state index contributed by atoms with van der Waals surface area (Å²) in [5.41, 5.74) is 0.905. The number of likely N-dealkylation sites (tertiary alicyclic amines) is 1. The second-order valence-electron chi connectivity index (χ2n) is 7.62. The van der Waals surface area contributed by atoms with Crippen LogP contribution in [0.25, 0.3) is 0 Å². The number of thioether (sulfide) groups is 1. The Morgan fingerprint density at radius 3 is 2.71 bits per heavy atom. The molecule has 0 radical (unpaired) electrons. The molecule has 4 rings (SSSR count). The van der Waals surface area contributed by atoms with Crippen molar-refractivity contribution < 1.29 is 9.59 Å². The third kappa shape index (κ3) is 4.48. The van der Waals surface area contributed by atoms with Crippen LogP contribution in [-0.2, 0) is 9.59 Å². The molecule has 154 valence electrons. The predicted octanol–water partition coefficient (Wildman–Crippen LogP) is 1.69. The molecule has 1 aromatic carbocycles. The van der Waals surface area contributed by atoms with Crippen LogP contribution in [0.3, 0.4) is 0 Å². The molecule has 1 aromatic rings. The van der Waals surface area contributed by atoms with Gasteiger partial charge in [-0.25, -0.2) is 0 Å². The molecule has 1 N–H and O–H groups in total. The number of halogens is 1. The summed E-state index contributed by atoms with van der Waals surface area (Å²) in [6, 6.07) is 8.48. The number of hydrogen-bond donors (Lipinski definition) is 1. The molecule has 0 bridgehead atoms. The molecule has 2 atom stereocenters. The Balaban J connectivity index is 0.00000225. The zero-order valence-corrected chi connectivity index (χ0v) is 17.9. The Labute approximate surface area is 177 Å². The van der Waals surface area contributed by atoms with Crippen molar-refractivity contribution in [3.8, 4) is 0 Å². The van der Waals surface area contributed by atoms with Gasteiger partial charge in [0.05, 0.1) is 5.92 Å². The average Bonchev–Trinajstić information content (AvgIpc) is 3.35. The van der Waals surface area contributed by atoms with E-state index in [1.165, 1.54) is 0 Å². The number of rotatable bonds is 4. The maximum absolute atomic E-state index is 13.0. The van der Waals surface area contributed by atoms with Crippen LogP contribution in [0.2, 0.25) is 0 Å². The topological polar surface area (TPSA) is 55.9 Å². The molecule has 0 aromatic heterocycles. The molecule has 2 unspecified atom stereocenters. The Kier molecular flexibility index (Phi) is 7.25. The van der Waals surface area contributed by atoms with Gasteiger partial charge in [-0.3, -0.25) is 14.5 Å².